The summed E-state index contributed by atoms with van der Waals surface area (Å²) < 4.78 is 5.07. The predicted molar refractivity (Wildman–Crippen MR) is 75.6 cm³/mol. The third-order valence-corrected chi connectivity index (χ3v) is 3.65. The van der Waals surface area contributed by atoms with E-state index in [0.717, 1.165) is 15.8 Å². The van der Waals surface area contributed by atoms with Gasteiger partial charge in [0.1, 0.15) is 5.76 Å². The minimum Gasteiger partial charge on any atom is -0.478 e. The van der Waals surface area contributed by atoms with Crippen molar-refractivity contribution >= 4 is 29.3 Å². The van der Waals surface area contributed by atoms with Crippen LogP contribution in [0.2, 0.25) is 0 Å². The van der Waals surface area contributed by atoms with Gasteiger partial charge in [-0.2, -0.15) is 0 Å². The Morgan fingerprint density at radius 2 is 2.20 bits per heavy atom. The topological polar surface area (TPSA) is 79.5 Å². The monoisotopic (exact) mass is 291 g/mol. The highest BCUT2D eigenvalue weighted by Crippen LogP contribution is 2.18. The zero-order valence-electron chi connectivity index (χ0n) is 10.8. The molecule has 0 atom stereocenters. The average Bonchev–Trinajstić information content (AvgIpc) is 3.02. The Bertz CT molecular complexity index is 654. The summed E-state index contributed by atoms with van der Waals surface area (Å²) in [6.45, 7) is 2.13. The lowest BCUT2D eigenvalue weighted by molar-refractivity contribution is -0.131. The predicted octanol–water partition coefficient (Wildman–Crippen LogP) is 2.68. The second-order valence-corrected chi connectivity index (χ2v) is 5.25. The molecule has 0 spiro atoms. The number of aliphatic carboxylic acids is 1. The summed E-state index contributed by atoms with van der Waals surface area (Å²) in [7, 11) is 0. The molecule has 20 heavy (non-hydrogen) atoms. The van der Waals surface area contributed by atoms with Gasteiger partial charge in [0, 0.05) is 15.8 Å². The van der Waals surface area contributed by atoms with Crippen LogP contribution in [0.5, 0.6) is 0 Å². The maximum absolute atomic E-state index is 11.9. The van der Waals surface area contributed by atoms with Gasteiger partial charge in [-0.05, 0) is 31.2 Å². The first-order valence-electron chi connectivity index (χ1n) is 5.88. The quantitative estimate of drug-likeness (QED) is 0.830. The highest BCUT2D eigenvalue weighted by atomic mass is 32.1. The fraction of sp³-hybridized carbons (Fsp3) is 0.143. The molecule has 0 saturated carbocycles. The minimum absolute atomic E-state index is 0.188. The number of nitrogens with one attached hydrogen (secondary N) is 1. The molecule has 1 amide bonds. The van der Waals surface area contributed by atoms with Gasteiger partial charge >= 0.3 is 5.97 Å². The van der Waals surface area contributed by atoms with Crippen LogP contribution in [0.1, 0.15) is 25.9 Å². The van der Waals surface area contributed by atoms with Crippen LogP contribution in [0.4, 0.5) is 0 Å². The standard InChI is InChI=1S/C14H13NO4S/c1-9-12(6-7-19-9)14(18)15-8-11-3-2-10(20-11)4-5-13(16)17/h2-7H,8H2,1H3,(H,15,18)(H,16,17). The zero-order chi connectivity index (χ0) is 14.5. The number of aryl methyl sites for hydroxylation is 1. The SMILES string of the molecule is Cc1occc1C(=O)NCc1ccc(C=CC(=O)O)s1. The van der Waals surface area contributed by atoms with E-state index < -0.39 is 5.97 Å². The third-order valence-electron chi connectivity index (χ3n) is 2.60. The lowest BCUT2D eigenvalue weighted by atomic mass is 10.2. The first-order valence-corrected chi connectivity index (χ1v) is 6.70. The van der Waals surface area contributed by atoms with E-state index in [2.05, 4.69) is 5.32 Å². The van der Waals surface area contributed by atoms with Gasteiger partial charge < -0.3 is 14.8 Å². The molecule has 2 heterocycles. The van der Waals surface area contributed by atoms with Gasteiger partial charge in [0.05, 0.1) is 18.4 Å². The van der Waals surface area contributed by atoms with Crippen molar-refractivity contribution in [1.82, 2.24) is 5.32 Å². The number of hydrogen-bond acceptors (Lipinski definition) is 4. The van der Waals surface area contributed by atoms with E-state index in [1.807, 2.05) is 12.1 Å². The average molecular weight is 291 g/mol. The number of hydrogen-bond donors (Lipinski definition) is 2. The molecule has 2 rings (SSSR count). The Balaban J connectivity index is 1.93. The molecule has 0 aliphatic rings. The molecule has 2 aromatic rings. The van der Waals surface area contributed by atoms with E-state index in [9.17, 15) is 9.59 Å². The lowest BCUT2D eigenvalue weighted by Gasteiger charge is -2.01. The molecule has 6 heteroatoms. The molecule has 0 radical (unpaired) electrons. The zero-order valence-corrected chi connectivity index (χ0v) is 11.6. The summed E-state index contributed by atoms with van der Waals surface area (Å²) in [5, 5.41) is 11.3. The van der Waals surface area contributed by atoms with E-state index in [-0.39, 0.29) is 5.91 Å². The van der Waals surface area contributed by atoms with Gasteiger partial charge in [0.25, 0.3) is 5.91 Å². The summed E-state index contributed by atoms with van der Waals surface area (Å²) in [6.07, 6.45) is 4.09. The number of carboxylic acids is 1. The molecule has 0 bridgehead atoms. The molecule has 0 saturated heterocycles. The second-order valence-electron chi connectivity index (χ2n) is 4.05. The molecular formula is C14H13NO4S. The van der Waals surface area contributed by atoms with Gasteiger partial charge in [-0.25, -0.2) is 4.79 Å². The Morgan fingerprint density at radius 3 is 2.85 bits per heavy atom. The van der Waals surface area contributed by atoms with Crippen LogP contribution in [0.3, 0.4) is 0 Å². The summed E-state index contributed by atoms with van der Waals surface area (Å²) in [6, 6.07) is 5.30. The van der Waals surface area contributed by atoms with Gasteiger partial charge in [-0.15, -0.1) is 11.3 Å². The molecular weight excluding hydrogens is 278 g/mol. The van der Waals surface area contributed by atoms with Crippen molar-refractivity contribution < 1.29 is 19.1 Å². The van der Waals surface area contributed by atoms with Gasteiger partial charge in [-0.1, -0.05) is 0 Å². The van der Waals surface area contributed by atoms with Crippen molar-refractivity contribution in [3.63, 3.8) is 0 Å². The van der Waals surface area contributed by atoms with Gasteiger partial charge in [0.15, 0.2) is 0 Å². The Kier molecular flexibility index (Phi) is 4.37. The van der Waals surface area contributed by atoms with Crippen LogP contribution in [0.15, 0.2) is 35.0 Å². The molecule has 0 unspecified atom stereocenters. The number of carbonyl (C=O) groups is 2. The van der Waals surface area contributed by atoms with Crippen molar-refractivity contribution in [3.8, 4) is 0 Å². The molecule has 5 nitrogen and oxygen atoms in total. The summed E-state index contributed by atoms with van der Waals surface area (Å²) in [4.78, 5) is 24.1. The van der Waals surface area contributed by atoms with Crippen molar-refractivity contribution in [2.75, 3.05) is 0 Å². The first-order chi connectivity index (χ1) is 9.56. The fourth-order valence-corrected chi connectivity index (χ4v) is 2.47. The van der Waals surface area contributed by atoms with Crippen LogP contribution < -0.4 is 5.32 Å². The van der Waals surface area contributed by atoms with E-state index >= 15 is 0 Å². The van der Waals surface area contributed by atoms with Crippen LogP contribution in [-0.4, -0.2) is 17.0 Å². The number of rotatable bonds is 5. The van der Waals surface area contributed by atoms with Crippen molar-refractivity contribution in [1.29, 1.82) is 0 Å². The summed E-state index contributed by atoms with van der Waals surface area (Å²) >= 11 is 1.43. The van der Waals surface area contributed by atoms with Crippen LogP contribution in [-0.2, 0) is 11.3 Å². The van der Waals surface area contributed by atoms with Crippen molar-refractivity contribution in [2.24, 2.45) is 0 Å². The highest BCUT2D eigenvalue weighted by molar-refractivity contribution is 7.12. The van der Waals surface area contributed by atoms with E-state index in [0.29, 0.717) is 17.9 Å². The summed E-state index contributed by atoms with van der Waals surface area (Å²) in [5.74, 6) is -0.588. The maximum Gasteiger partial charge on any atom is 0.328 e. The fourth-order valence-electron chi connectivity index (χ4n) is 1.62. The van der Waals surface area contributed by atoms with Crippen molar-refractivity contribution in [3.05, 3.63) is 51.6 Å². The van der Waals surface area contributed by atoms with E-state index in [1.54, 1.807) is 13.0 Å². The summed E-state index contributed by atoms with van der Waals surface area (Å²) in [5.41, 5.74) is 0.521. The Hall–Kier alpha value is -2.34. The highest BCUT2D eigenvalue weighted by Gasteiger charge is 2.11. The third kappa shape index (κ3) is 3.58. The molecule has 0 aromatic carbocycles. The van der Waals surface area contributed by atoms with Gasteiger partial charge in [-0.3, -0.25) is 4.79 Å². The number of amides is 1. The Morgan fingerprint density at radius 1 is 1.40 bits per heavy atom. The number of furan rings is 1. The minimum atomic E-state index is -0.983. The maximum atomic E-state index is 11.9. The molecule has 2 N–H and O–H groups in total. The largest absolute Gasteiger partial charge is 0.478 e. The smallest absolute Gasteiger partial charge is 0.328 e. The molecule has 104 valence electrons. The molecule has 2 aromatic heterocycles. The van der Waals surface area contributed by atoms with Crippen LogP contribution in [0, 0.1) is 6.92 Å². The van der Waals surface area contributed by atoms with Crippen LogP contribution in [0.25, 0.3) is 6.08 Å². The van der Waals surface area contributed by atoms with E-state index in [4.69, 9.17) is 9.52 Å². The second kappa shape index (κ2) is 6.21. The van der Waals surface area contributed by atoms with Crippen molar-refractivity contribution in [2.45, 2.75) is 13.5 Å². The normalized spacial score (nSPS) is 10.8. The first kappa shape index (κ1) is 14.1. The van der Waals surface area contributed by atoms with E-state index in [1.165, 1.54) is 23.7 Å². The lowest BCUT2D eigenvalue weighted by Crippen LogP contribution is -2.22. The van der Waals surface area contributed by atoms with Gasteiger partial charge in [0.2, 0.25) is 0 Å². The molecule has 0 fully saturated rings. The molecule has 0 aliphatic carbocycles. The van der Waals surface area contributed by atoms with Crippen LogP contribution >= 0.6 is 11.3 Å². The molecule has 0 aliphatic heterocycles. The number of carboxylic acid groups (broad SMARTS) is 1. The Labute approximate surface area is 119 Å². The number of carbonyl (C=O) groups excluding carboxylic acids is 1. The number of thiophene rings is 1.